The Hall–Kier alpha value is -2.67. The standard InChI is InChI=1S/C21H24N2O8S/c1-3-23(20-18(28)17(27)16(26)15(9-24)31-20)13-7-5-4-6-11(13)8-14(25)19-22-12(10-32-19)21(29)30-2/h3-7,10,15-18,20,24,26-28H,1,8-9H2,2H3. The third kappa shape index (κ3) is 4.72. The third-order valence-corrected chi connectivity index (χ3v) is 5.98. The number of carbonyl (C=O) groups is 2. The Morgan fingerprint density at radius 2 is 1.97 bits per heavy atom. The van der Waals surface area contributed by atoms with Crippen LogP contribution in [0.15, 0.2) is 42.4 Å². The zero-order valence-corrected chi connectivity index (χ0v) is 18.0. The molecular weight excluding hydrogens is 440 g/mol. The average molecular weight is 464 g/mol. The summed E-state index contributed by atoms with van der Waals surface area (Å²) in [4.78, 5) is 29.8. The number of aromatic nitrogens is 1. The lowest BCUT2D eigenvalue weighted by Gasteiger charge is -2.44. The minimum Gasteiger partial charge on any atom is -0.464 e. The minimum absolute atomic E-state index is 0.0446. The van der Waals surface area contributed by atoms with Crippen molar-refractivity contribution in [2.75, 3.05) is 18.6 Å². The van der Waals surface area contributed by atoms with Crippen molar-refractivity contribution in [2.24, 2.45) is 0 Å². The summed E-state index contributed by atoms with van der Waals surface area (Å²) in [5.41, 5.74) is 1.05. The first-order valence-corrected chi connectivity index (χ1v) is 10.6. The summed E-state index contributed by atoms with van der Waals surface area (Å²) >= 11 is 1.02. The van der Waals surface area contributed by atoms with Gasteiger partial charge in [-0.2, -0.15) is 0 Å². The minimum atomic E-state index is -1.56. The number of para-hydroxylation sites is 1. The summed E-state index contributed by atoms with van der Waals surface area (Å²) in [6.07, 6.45) is -5.57. The van der Waals surface area contributed by atoms with E-state index in [2.05, 4.69) is 16.3 Å². The molecule has 1 aromatic heterocycles. The van der Waals surface area contributed by atoms with Gasteiger partial charge in [-0.15, -0.1) is 11.3 Å². The first-order chi connectivity index (χ1) is 15.3. The molecule has 2 aromatic rings. The van der Waals surface area contributed by atoms with Gasteiger partial charge in [-0.3, -0.25) is 4.79 Å². The number of aliphatic hydroxyl groups is 4. The van der Waals surface area contributed by atoms with Gasteiger partial charge in [0.2, 0.25) is 0 Å². The zero-order chi connectivity index (χ0) is 23.4. The molecule has 5 atom stereocenters. The van der Waals surface area contributed by atoms with E-state index in [1.807, 2.05) is 0 Å². The maximum absolute atomic E-state index is 12.8. The number of benzene rings is 1. The molecule has 11 heteroatoms. The SMILES string of the molecule is C=CN(c1ccccc1CC(=O)c1nc(C(=O)OC)cs1)C1OC(CO)C(O)C(O)C1O. The van der Waals surface area contributed by atoms with E-state index >= 15 is 0 Å². The van der Waals surface area contributed by atoms with Crippen molar-refractivity contribution in [3.8, 4) is 0 Å². The number of nitrogens with zero attached hydrogens (tertiary/aromatic N) is 2. The lowest BCUT2D eigenvalue weighted by molar-refractivity contribution is -0.227. The average Bonchev–Trinajstić information content (AvgIpc) is 3.30. The van der Waals surface area contributed by atoms with Crippen LogP contribution in [-0.4, -0.2) is 81.5 Å². The number of ether oxygens (including phenoxy) is 2. The van der Waals surface area contributed by atoms with Crippen LogP contribution in [0.4, 0.5) is 5.69 Å². The second kappa shape index (κ2) is 10.3. The molecule has 1 aliphatic heterocycles. The highest BCUT2D eigenvalue weighted by molar-refractivity contribution is 7.11. The van der Waals surface area contributed by atoms with Crippen LogP contribution in [0.3, 0.4) is 0 Å². The summed E-state index contributed by atoms with van der Waals surface area (Å²) in [6, 6.07) is 6.81. The highest BCUT2D eigenvalue weighted by Crippen LogP contribution is 2.31. The smallest absolute Gasteiger partial charge is 0.357 e. The molecule has 172 valence electrons. The van der Waals surface area contributed by atoms with Gasteiger partial charge in [0.05, 0.1) is 13.7 Å². The van der Waals surface area contributed by atoms with E-state index in [9.17, 15) is 30.0 Å². The lowest BCUT2D eigenvalue weighted by Crippen LogP contribution is -2.62. The quantitative estimate of drug-likeness (QED) is 0.313. The second-order valence-electron chi connectivity index (χ2n) is 7.07. The molecule has 0 radical (unpaired) electrons. The van der Waals surface area contributed by atoms with E-state index in [0.29, 0.717) is 11.3 Å². The van der Waals surface area contributed by atoms with Gasteiger partial charge in [-0.1, -0.05) is 24.8 Å². The summed E-state index contributed by atoms with van der Waals surface area (Å²) < 4.78 is 10.2. The number of hydrogen-bond donors (Lipinski definition) is 4. The van der Waals surface area contributed by atoms with Crippen LogP contribution in [0.2, 0.25) is 0 Å². The first kappa shape index (κ1) is 24.0. The van der Waals surface area contributed by atoms with Crippen LogP contribution in [0.1, 0.15) is 25.9 Å². The number of hydrogen-bond acceptors (Lipinski definition) is 11. The van der Waals surface area contributed by atoms with Gasteiger partial charge in [0, 0.05) is 17.5 Å². The fraction of sp³-hybridized carbons (Fsp3) is 0.381. The van der Waals surface area contributed by atoms with Gasteiger partial charge in [0.15, 0.2) is 22.7 Å². The number of methoxy groups -OCH3 is 1. The molecule has 32 heavy (non-hydrogen) atoms. The van der Waals surface area contributed by atoms with Crippen LogP contribution in [0.25, 0.3) is 0 Å². The summed E-state index contributed by atoms with van der Waals surface area (Å²) in [7, 11) is 1.22. The molecule has 0 amide bonds. The number of rotatable bonds is 8. The number of carbonyl (C=O) groups excluding carboxylic acids is 2. The van der Waals surface area contributed by atoms with Gasteiger partial charge in [0.1, 0.15) is 24.4 Å². The van der Waals surface area contributed by atoms with Gasteiger partial charge < -0.3 is 34.8 Å². The molecular formula is C21H24N2O8S. The van der Waals surface area contributed by atoms with Crippen molar-refractivity contribution < 1.29 is 39.5 Å². The van der Waals surface area contributed by atoms with E-state index < -0.39 is 43.2 Å². The van der Waals surface area contributed by atoms with Crippen LogP contribution in [0, 0.1) is 0 Å². The maximum atomic E-state index is 12.8. The highest BCUT2D eigenvalue weighted by Gasteiger charge is 2.45. The highest BCUT2D eigenvalue weighted by atomic mass is 32.1. The number of anilines is 1. The Morgan fingerprint density at radius 1 is 1.25 bits per heavy atom. The van der Waals surface area contributed by atoms with Crippen molar-refractivity contribution in [2.45, 2.75) is 37.1 Å². The molecule has 0 aliphatic carbocycles. The molecule has 0 saturated carbocycles. The summed E-state index contributed by atoms with van der Waals surface area (Å²) in [5, 5.41) is 41.7. The predicted molar refractivity (Wildman–Crippen MR) is 114 cm³/mol. The van der Waals surface area contributed by atoms with Crippen molar-refractivity contribution in [3.63, 3.8) is 0 Å². The normalized spacial score (nSPS) is 25.2. The largest absolute Gasteiger partial charge is 0.464 e. The number of ketones is 1. The molecule has 4 N–H and O–H groups in total. The van der Waals surface area contributed by atoms with Gasteiger partial charge in [0.25, 0.3) is 0 Å². The number of thiazole rings is 1. The molecule has 0 bridgehead atoms. The fourth-order valence-electron chi connectivity index (χ4n) is 3.41. The predicted octanol–water partition coefficient (Wildman–Crippen LogP) is 0.105. The first-order valence-electron chi connectivity index (χ1n) is 9.68. The van der Waals surface area contributed by atoms with E-state index in [1.54, 1.807) is 24.3 Å². The number of esters is 1. The monoisotopic (exact) mass is 464 g/mol. The van der Waals surface area contributed by atoms with Crippen molar-refractivity contribution in [3.05, 3.63) is 58.7 Å². The molecule has 1 aromatic carbocycles. The van der Waals surface area contributed by atoms with E-state index in [0.717, 1.165) is 11.3 Å². The van der Waals surface area contributed by atoms with Crippen molar-refractivity contribution in [1.82, 2.24) is 4.98 Å². The van der Waals surface area contributed by atoms with Crippen LogP contribution < -0.4 is 4.90 Å². The molecule has 1 saturated heterocycles. The fourth-order valence-corrected chi connectivity index (χ4v) is 4.14. The third-order valence-electron chi connectivity index (χ3n) is 5.10. The summed E-state index contributed by atoms with van der Waals surface area (Å²) in [6.45, 7) is 3.16. The molecule has 3 rings (SSSR count). The van der Waals surface area contributed by atoms with Crippen molar-refractivity contribution >= 4 is 28.8 Å². The maximum Gasteiger partial charge on any atom is 0.357 e. The summed E-state index contributed by atoms with van der Waals surface area (Å²) in [5.74, 6) is -0.975. The Morgan fingerprint density at radius 3 is 2.62 bits per heavy atom. The molecule has 10 nitrogen and oxygen atoms in total. The molecule has 2 heterocycles. The van der Waals surface area contributed by atoms with E-state index in [1.165, 1.54) is 23.6 Å². The van der Waals surface area contributed by atoms with E-state index in [-0.39, 0.29) is 22.9 Å². The topological polar surface area (TPSA) is 150 Å². The lowest BCUT2D eigenvalue weighted by atomic mass is 9.97. The Kier molecular flexibility index (Phi) is 7.72. The van der Waals surface area contributed by atoms with Gasteiger partial charge in [-0.05, 0) is 17.8 Å². The molecule has 0 spiro atoms. The second-order valence-corrected chi connectivity index (χ2v) is 7.93. The molecule has 5 unspecified atom stereocenters. The number of Topliss-reactive ketones (excluding diaryl/α,β-unsaturated/α-hetero) is 1. The Balaban J connectivity index is 1.87. The van der Waals surface area contributed by atoms with Gasteiger partial charge >= 0.3 is 5.97 Å². The van der Waals surface area contributed by atoms with Crippen LogP contribution in [0.5, 0.6) is 0 Å². The van der Waals surface area contributed by atoms with Crippen LogP contribution >= 0.6 is 11.3 Å². The van der Waals surface area contributed by atoms with Crippen molar-refractivity contribution in [1.29, 1.82) is 0 Å². The molecule has 1 fully saturated rings. The Labute approximate surface area is 188 Å². The van der Waals surface area contributed by atoms with E-state index in [4.69, 9.17) is 4.74 Å². The van der Waals surface area contributed by atoms with Gasteiger partial charge in [-0.25, -0.2) is 9.78 Å². The number of aliphatic hydroxyl groups excluding tert-OH is 4. The molecule has 1 aliphatic rings. The zero-order valence-electron chi connectivity index (χ0n) is 17.2. The Bertz CT molecular complexity index is 978. The van der Waals surface area contributed by atoms with Crippen LogP contribution in [-0.2, 0) is 15.9 Å².